The normalized spacial score (nSPS) is 11.6. The average Bonchev–Trinajstić information content (AvgIpc) is 2.68. The second kappa shape index (κ2) is 9.73. The molecule has 1 aromatic carbocycles. The fourth-order valence-electron chi connectivity index (χ4n) is 2.02. The van der Waals surface area contributed by atoms with Crippen LogP contribution in [0.1, 0.15) is 12.0 Å². The Morgan fingerprint density at radius 1 is 1.19 bits per heavy atom. The molecule has 0 aliphatic carbocycles. The van der Waals surface area contributed by atoms with Crippen LogP contribution >= 0.6 is 0 Å². The van der Waals surface area contributed by atoms with Gasteiger partial charge in [0, 0.05) is 29.9 Å². The Kier molecular flexibility index (Phi) is 7.37. The van der Waals surface area contributed by atoms with Crippen LogP contribution < -0.4 is 10.1 Å². The molecule has 0 aliphatic heterocycles. The SMILES string of the molecule is COCCCS(=O)c1ccc(C(=N)C(=O)Nc2cnc(OC)cn2)cc1. The van der Waals surface area contributed by atoms with E-state index in [-0.39, 0.29) is 11.5 Å². The van der Waals surface area contributed by atoms with E-state index in [9.17, 15) is 9.00 Å². The van der Waals surface area contributed by atoms with Gasteiger partial charge in [-0.25, -0.2) is 9.97 Å². The maximum Gasteiger partial charge on any atom is 0.275 e. The zero-order valence-corrected chi connectivity index (χ0v) is 15.3. The molecule has 0 spiro atoms. The van der Waals surface area contributed by atoms with Crippen LogP contribution in [-0.4, -0.2) is 52.4 Å². The number of nitrogens with zero attached hydrogens (tertiary/aromatic N) is 2. The summed E-state index contributed by atoms with van der Waals surface area (Å²) < 4.78 is 22.0. The van der Waals surface area contributed by atoms with E-state index >= 15 is 0 Å². The zero-order chi connectivity index (χ0) is 18.9. The first kappa shape index (κ1) is 19.7. The van der Waals surface area contributed by atoms with E-state index in [1.165, 1.54) is 19.5 Å². The van der Waals surface area contributed by atoms with Crippen LogP contribution in [0.2, 0.25) is 0 Å². The molecule has 0 fully saturated rings. The van der Waals surface area contributed by atoms with Gasteiger partial charge in [-0.1, -0.05) is 12.1 Å². The van der Waals surface area contributed by atoms with E-state index < -0.39 is 16.7 Å². The van der Waals surface area contributed by atoms with Crippen molar-refractivity contribution in [1.82, 2.24) is 9.97 Å². The van der Waals surface area contributed by atoms with E-state index in [2.05, 4.69) is 15.3 Å². The molecule has 2 rings (SSSR count). The second-order valence-corrected chi connectivity index (χ2v) is 6.76. The summed E-state index contributed by atoms with van der Waals surface area (Å²) in [6.07, 6.45) is 3.41. The van der Waals surface area contributed by atoms with E-state index in [4.69, 9.17) is 14.9 Å². The molecule has 0 saturated heterocycles. The molecule has 0 aliphatic rings. The first-order chi connectivity index (χ1) is 12.5. The Bertz CT molecular complexity index is 778. The van der Waals surface area contributed by atoms with Gasteiger partial charge in [0.1, 0.15) is 5.71 Å². The van der Waals surface area contributed by atoms with Gasteiger partial charge in [0.2, 0.25) is 5.88 Å². The maximum atomic E-state index is 12.2. The number of methoxy groups -OCH3 is 2. The Labute approximate surface area is 153 Å². The van der Waals surface area contributed by atoms with Crippen LogP contribution in [0.25, 0.3) is 0 Å². The topological polar surface area (TPSA) is 114 Å². The van der Waals surface area contributed by atoms with Crippen molar-refractivity contribution < 1.29 is 18.5 Å². The van der Waals surface area contributed by atoms with Gasteiger partial charge in [-0.05, 0) is 18.6 Å². The minimum absolute atomic E-state index is 0.219. The largest absolute Gasteiger partial charge is 0.480 e. The molecule has 1 heterocycles. The van der Waals surface area contributed by atoms with Gasteiger partial charge >= 0.3 is 0 Å². The minimum atomic E-state index is -1.13. The number of benzene rings is 1. The van der Waals surface area contributed by atoms with Crippen molar-refractivity contribution in [3.8, 4) is 5.88 Å². The van der Waals surface area contributed by atoms with Crippen molar-refractivity contribution in [3.05, 3.63) is 42.2 Å². The number of hydrogen-bond acceptors (Lipinski definition) is 7. The summed E-state index contributed by atoms with van der Waals surface area (Å²) in [7, 11) is 1.93. The first-order valence-corrected chi connectivity index (χ1v) is 9.10. The third-order valence-electron chi connectivity index (χ3n) is 3.39. The molecule has 9 heteroatoms. The summed E-state index contributed by atoms with van der Waals surface area (Å²) in [6.45, 7) is 0.558. The molecular formula is C17H20N4O4S. The predicted molar refractivity (Wildman–Crippen MR) is 98.3 cm³/mol. The van der Waals surface area contributed by atoms with Gasteiger partial charge in [0.25, 0.3) is 5.91 Å². The van der Waals surface area contributed by atoms with Gasteiger partial charge in [0.15, 0.2) is 5.82 Å². The number of anilines is 1. The number of carbonyl (C=O) groups is 1. The van der Waals surface area contributed by atoms with Gasteiger partial charge in [-0.3, -0.25) is 14.4 Å². The van der Waals surface area contributed by atoms with Crippen molar-refractivity contribution in [2.75, 3.05) is 31.9 Å². The highest BCUT2D eigenvalue weighted by Gasteiger charge is 2.14. The molecule has 1 atom stereocenters. The molecule has 2 N–H and O–H groups in total. The van der Waals surface area contributed by atoms with Crippen LogP contribution in [0.15, 0.2) is 41.6 Å². The molecule has 1 unspecified atom stereocenters. The van der Waals surface area contributed by atoms with E-state index in [0.717, 1.165) is 0 Å². The van der Waals surface area contributed by atoms with Crippen molar-refractivity contribution in [3.63, 3.8) is 0 Å². The molecule has 0 radical (unpaired) electrons. The van der Waals surface area contributed by atoms with E-state index in [1.54, 1.807) is 31.4 Å². The number of aromatic nitrogens is 2. The van der Waals surface area contributed by atoms with Gasteiger partial charge in [-0.15, -0.1) is 0 Å². The van der Waals surface area contributed by atoms with Crippen LogP contribution in [0.3, 0.4) is 0 Å². The van der Waals surface area contributed by atoms with Crippen LogP contribution in [0, 0.1) is 5.41 Å². The summed E-state index contributed by atoms with van der Waals surface area (Å²) in [5.74, 6) is 0.434. The summed E-state index contributed by atoms with van der Waals surface area (Å²) in [5.41, 5.74) is 0.195. The molecule has 8 nitrogen and oxygen atoms in total. The van der Waals surface area contributed by atoms with E-state index in [0.29, 0.717) is 35.1 Å². The maximum absolute atomic E-state index is 12.2. The quantitative estimate of drug-likeness (QED) is 0.508. The van der Waals surface area contributed by atoms with Crippen molar-refractivity contribution >= 4 is 28.2 Å². The van der Waals surface area contributed by atoms with Crippen LogP contribution in [-0.2, 0) is 20.3 Å². The number of ether oxygens (including phenoxy) is 2. The molecule has 138 valence electrons. The molecule has 2 aromatic rings. The average molecular weight is 376 g/mol. The molecule has 0 saturated carbocycles. The van der Waals surface area contributed by atoms with Crippen LogP contribution in [0.5, 0.6) is 5.88 Å². The molecule has 1 aromatic heterocycles. The molecule has 1 amide bonds. The number of rotatable bonds is 9. The first-order valence-electron chi connectivity index (χ1n) is 7.79. The van der Waals surface area contributed by atoms with Gasteiger partial charge in [0.05, 0.1) is 30.3 Å². The molecule has 0 bridgehead atoms. The minimum Gasteiger partial charge on any atom is -0.480 e. The highest BCUT2D eigenvalue weighted by Crippen LogP contribution is 2.12. The number of hydrogen-bond donors (Lipinski definition) is 2. The summed E-state index contributed by atoms with van der Waals surface area (Å²) in [5, 5.41) is 10.5. The van der Waals surface area contributed by atoms with Crippen LogP contribution in [0.4, 0.5) is 5.82 Å². The van der Waals surface area contributed by atoms with Crippen molar-refractivity contribution in [2.45, 2.75) is 11.3 Å². The molecular weight excluding hydrogens is 356 g/mol. The van der Waals surface area contributed by atoms with Crippen molar-refractivity contribution in [1.29, 1.82) is 5.41 Å². The monoisotopic (exact) mass is 376 g/mol. The Morgan fingerprint density at radius 2 is 1.92 bits per heavy atom. The third kappa shape index (κ3) is 5.43. The summed E-state index contributed by atoms with van der Waals surface area (Å²) >= 11 is 0. The molecule has 26 heavy (non-hydrogen) atoms. The summed E-state index contributed by atoms with van der Waals surface area (Å²) in [4.78, 5) is 20.7. The zero-order valence-electron chi connectivity index (χ0n) is 14.5. The highest BCUT2D eigenvalue weighted by atomic mass is 32.2. The predicted octanol–water partition coefficient (Wildman–Crippen LogP) is 1.64. The van der Waals surface area contributed by atoms with E-state index in [1.807, 2.05) is 0 Å². The van der Waals surface area contributed by atoms with Crippen molar-refractivity contribution in [2.24, 2.45) is 0 Å². The third-order valence-corrected chi connectivity index (χ3v) is 4.85. The lowest BCUT2D eigenvalue weighted by Crippen LogP contribution is -2.23. The lowest BCUT2D eigenvalue weighted by molar-refractivity contribution is -0.110. The highest BCUT2D eigenvalue weighted by molar-refractivity contribution is 7.85. The summed E-state index contributed by atoms with van der Waals surface area (Å²) in [6, 6.07) is 6.52. The van der Waals surface area contributed by atoms with Gasteiger partial charge < -0.3 is 14.8 Å². The number of carbonyl (C=O) groups excluding carboxylic acids is 1. The number of nitrogens with one attached hydrogen (secondary N) is 2. The smallest absolute Gasteiger partial charge is 0.275 e. The lowest BCUT2D eigenvalue weighted by Gasteiger charge is -2.07. The second-order valence-electron chi connectivity index (χ2n) is 5.19. The number of amides is 1. The Balaban J connectivity index is 1.97. The Hall–Kier alpha value is -2.65. The Morgan fingerprint density at radius 3 is 2.50 bits per heavy atom. The standard InChI is InChI=1S/C17H20N4O4S/c1-24-8-3-9-26(23)13-6-4-12(5-7-13)16(18)17(22)21-14-10-20-15(25-2)11-19-14/h4-7,10-11,18H,3,8-9H2,1-2H3,(H,19,21,22). The van der Waals surface area contributed by atoms with Gasteiger partial charge in [-0.2, -0.15) is 0 Å². The fourth-order valence-corrected chi connectivity index (χ4v) is 3.08. The fraction of sp³-hybridized carbons (Fsp3) is 0.294. The lowest BCUT2D eigenvalue weighted by atomic mass is 10.1.